The van der Waals surface area contributed by atoms with Crippen LogP contribution >= 0.6 is 11.8 Å². The average Bonchev–Trinajstić information content (AvgIpc) is 2.39. The summed E-state index contributed by atoms with van der Waals surface area (Å²) in [5, 5.41) is 10.9. The molecule has 5 nitrogen and oxygen atoms in total. The van der Waals surface area contributed by atoms with Crippen molar-refractivity contribution in [3.05, 3.63) is 40.0 Å². The predicted molar refractivity (Wildman–Crippen MR) is 81.1 cm³/mol. The number of hydrogen-bond acceptors (Lipinski definition) is 5. The number of allylic oxidation sites excluding steroid dienone is 1. The third-order valence-electron chi connectivity index (χ3n) is 2.39. The maximum atomic E-state index is 10.8. The molecule has 0 aliphatic rings. The summed E-state index contributed by atoms with van der Waals surface area (Å²) in [5.41, 5.74) is 0.708. The van der Waals surface area contributed by atoms with Crippen LogP contribution < -0.4 is 4.74 Å². The lowest BCUT2D eigenvalue weighted by Crippen LogP contribution is -1.95. The molecule has 0 fully saturated rings. The summed E-state index contributed by atoms with van der Waals surface area (Å²) < 4.78 is 5.43. The van der Waals surface area contributed by atoms with Gasteiger partial charge in [-0.05, 0) is 19.4 Å². The predicted octanol–water partition coefficient (Wildman–Crippen LogP) is 3.68. The minimum Gasteiger partial charge on any atom is -0.493 e. The summed E-state index contributed by atoms with van der Waals surface area (Å²) in [6.45, 7) is 3.89. The summed E-state index contributed by atoms with van der Waals surface area (Å²) >= 11 is 1.26. The van der Waals surface area contributed by atoms with E-state index >= 15 is 0 Å². The molecule has 0 unspecified atom stereocenters. The van der Waals surface area contributed by atoms with Crippen molar-refractivity contribution in [3.8, 4) is 5.75 Å². The summed E-state index contributed by atoms with van der Waals surface area (Å²) in [4.78, 5) is 21.1. The Morgan fingerprint density at radius 3 is 2.85 bits per heavy atom. The van der Waals surface area contributed by atoms with Crippen LogP contribution in [0.5, 0.6) is 5.75 Å². The minimum atomic E-state index is -0.432. The van der Waals surface area contributed by atoms with E-state index in [1.807, 2.05) is 13.0 Å². The van der Waals surface area contributed by atoms with Gasteiger partial charge in [-0.2, -0.15) is 0 Å². The van der Waals surface area contributed by atoms with E-state index in [-0.39, 0.29) is 10.8 Å². The van der Waals surface area contributed by atoms with Gasteiger partial charge in [0.05, 0.1) is 11.5 Å². The lowest BCUT2D eigenvalue weighted by Gasteiger charge is -2.06. The van der Waals surface area contributed by atoms with Gasteiger partial charge in [0.25, 0.3) is 5.69 Å². The van der Waals surface area contributed by atoms with Gasteiger partial charge < -0.3 is 4.74 Å². The van der Waals surface area contributed by atoms with Gasteiger partial charge >= 0.3 is 0 Å². The van der Waals surface area contributed by atoms with Crippen LogP contribution in [0.2, 0.25) is 0 Å². The maximum absolute atomic E-state index is 10.8. The van der Waals surface area contributed by atoms with E-state index in [9.17, 15) is 14.9 Å². The average molecular weight is 295 g/mol. The topological polar surface area (TPSA) is 69.4 Å². The van der Waals surface area contributed by atoms with Crippen molar-refractivity contribution in [2.24, 2.45) is 0 Å². The molecule has 0 radical (unpaired) electrons. The van der Waals surface area contributed by atoms with Gasteiger partial charge in [-0.25, -0.2) is 0 Å². The molecule has 108 valence electrons. The molecule has 0 aliphatic heterocycles. The molecule has 0 aliphatic carbocycles. The number of nitro benzene ring substituents is 1. The van der Waals surface area contributed by atoms with Crippen LogP contribution in [0.1, 0.15) is 25.8 Å². The number of nitro groups is 1. The molecule has 1 aromatic rings. The fourth-order valence-electron chi connectivity index (χ4n) is 1.55. The molecule has 1 rings (SSSR count). The van der Waals surface area contributed by atoms with Crippen molar-refractivity contribution < 1.29 is 14.5 Å². The Hall–Kier alpha value is -1.82. The lowest BCUT2D eigenvalue weighted by atomic mass is 10.1. The van der Waals surface area contributed by atoms with Gasteiger partial charge in [-0.15, -0.1) is 0 Å². The first-order chi connectivity index (χ1) is 9.54. The Kier molecular flexibility index (Phi) is 6.79. The second-order valence-electron chi connectivity index (χ2n) is 3.94. The van der Waals surface area contributed by atoms with Crippen molar-refractivity contribution in [3.63, 3.8) is 0 Å². The van der Waals surface area contributed by atoms with Crippen LogP contribution in [0.25, 0.3) is 6.08 Å². The van der Waals surface area contributed by atoms with Gasteiger partial charge in [-0.3, -0.25) is 14.9 Å². The number of nitrogens with zero attached hydrogens (tertiary/aromatic N) is 1. The fourth-order valence-corrected chi connectivity index (χ4v) is 2.09. The summed E-state index contributed by atoms with van der Waals surface area (Å²) in [6, 6.07) is 4.51. The lowest BCUT2D eigenvalue weighted by molar-refractivity contribution is -0.384. The van der Waals surface area contributed by atoms with Gasteiger partial charge in [0.15, 0.2) is 5.12 Å². The zero-order valence-corrected chi connectivity index (χ0v) is 12.3. The quantitative estimate of drug-likeness (QED) is 0.436. The Bertz CT molecular complexity index is 514. The summed E-state index contributed by atoms with van der Waals surface area (Å²) in [6.07, 6.45) is 4.40. The van der Waals surface area contributed by atoms with Gasteiger partial charge in [0.2, 0.25) is 0 Å². The highest BCUT2D eigenvalue weighted by Gasteiger charge is 2.09. The largest absolute Gasteiger partial charge is 0.493 e. The monoisotopic (exact) mass is 295 g/mol. The molecular weight excluding hydrogens is 278 g/mol. The third-order valence-corrected chi connectivity index (χ3v) is 3.24. The van der Waals surface area contributed by atoms with Crippen LogP contribution in [0.3, 0.4) is 0 Å². The molecule has 20 heavy (non-hydrogen) atoms. The number of non-ortho nitro benzene ring substituents is 1. The summed E-state index contributed by atoms with van der Waals surface area (Å²) in [5.74, 6) is 1.32. The molecule has 0 spiro atoms. The minimum absolute atomic E-state index is 0.0335. The van der Waals surface area contributed by atoms with Crippen LogP contribution in [0, 0.1) is 10.1 Å². The molecule has 0 saturated heterocycles. The van der Waals surface area contributed by atoms with Crippen molar-refractivity contribution >= 4 is 28.6 Å². The maximum Gasteiger partial charge on any atom is 0.270 e. The van der Waals surface area contributed by atoms with Gasteiger partial charge in [0, 0.05) is 30.4 Å². The van der Waals surface area contributed by atoms with Crippen LogP contribution in [-0.2, 0) is 4.79 Å². The number of ether oxygens (including phenoxy) is 1. The molecule has 6 heteroatoms. The van der Waals surface area contributed by atoms with E-state index in [1.54, 1.807) is 12.1 Å². The number of thioether (sulfide) groups is 1. The molecule has 0 atom stereocenters. The first-order valence-electron chi connectivity index (χ1n) is 6.25. The van der Waals surface area contributed by atoms with Gasteiger partial charge in [0.1, 0.15) is 5.75 Å². The standard InChI is InChI=1S/C14H17NO4S/c1-3-19-14-8-7-13(15(17)18)10-12(14)6-4-5-9-20-11(2)16/h4,6-8,10H,3,5,9H2,1-2H3. The Balaban J connectivity index is 2.78. The third kappa shape index (κ3) is 5.44. The normalized spacial score (nSPS) is 10.7. The van der Waals surface area contributed by atoms with Crippen LogP contribution in [-0.4, -0.2) is 22.4 Å². The van der Waals surface area contributed by atoms with E-state index in [0.29, 0.717) is 23.7 Å². The van der Waals surface area contributed by atoms with Crippen molar-refractivity contribution in [2.45, 2.75) is 20.3 Å². The Morgan fingerprint density at radius 2 is 2.25 bits per heavy atom. The number of hydrogen-bond donors (Lipinski definition) is 0. The first-order valence-corrected chi connectivity index (χ1v) is 7.24. The SMILES string of the molecule is CCOc1ccc([N+](=O)[O-])cc1C=CCCSC(C)=O. The number of carbonyl (C=O) groups is 1. The second-order valence-corrected chi connectivity index (χ2v) is 5.22. The number of rotatable bonds is 7. The van der Waals surface area contributed by atoms with Gasteiger partial charge in [-0.1, -0.05) is 23.9 Å². The fraction of sp³-hybridized carbons (Fsp3) is 0.357. The van der Waals surface area contributed by atoms with E-state index in [2.05, 4.69) is 0 Å². The van der Waals surface area contributed by atoms with Crippen LogP contribution in [0.4, 0.5) is 5.69 Å². The highest BCUT2D eigenvalue weighted by atomic mass is 32.2. The molecule has 0 amide bonds. The van der Waals surface area contributed by atoms with Crippen molar-refractivity contribution in [1.29, 1.82) is 0 Å². The van der Waals surface area contributed by atoms with E-state index in [0.717, 1.165) is 6.42 Å². The molecule has 0 bridgehead atoms. The highest BCUT2D eigenvalue weighted by molar-refractivity contribution is 8.13. The zero-order valence-electron chi connectivity index (χ0n) is 11.5. The molecule has 0 heterocycles. The highest BCUT2D eigenvalue weighted by Crippen LogP contribution is 2.25. The smallest absolute Gasteiger partial charge is 0.270 e. The molecule has 0 aromatic heterocycles. The number of carbonyl (C=O) groups excluding carboxylic acids is 1. The Morgan fingerprint density at radius 1 is 1.50 bits per heavy atom. The molecule has 1 aromatic carbocycles. The summed E-state index contributed by atoms with van der Waals surface area (Å²) in [7, 11) is 0. The van der Waals surface area contributed by atoms with E-state index in [1.165, 1.54) is 30.8 Å². The molecular formula is C14H17NO4S. The van der Waals surface area contributed by atoms with Crippen molar-refractivity contribution in [1.82, 2.24) is 0 Å². The second kappa shape index (κ2) is 8.37. The van der Waals surface area contributed by atoms with Crippen LogP contribution in [0.15, 0.2) is 24.3 Å². The molecule has 0 N–H and O–H groups in total. The zero-order chi connectivity index (χ0) is 15.0. The Labute approximate surface area is 122 Å². The molecule has 0 saturated carbocycles. The van der Waals surface area contributed by atoms with E-state index < -0.39 is 4.92 Å². The number of benzene rings is 1. The first kappa shape index (κ1) is 16.2. The van der Waals surface area contributed by atoms with Crippen molar-refractivity contribution in [2.75, 3.05) is 12.4 Å². The van der Waals surface area contributed by atoms with E-state index in [4.69, 9.17) is 4.74 Å².